The number of hydrogen-bond acceptors (Lipinski definition) is 4. The van der Waals surface area contributed by atoms with Crippen LogP contribution in [0.2, 0.25) is 0 Å². The van der Waals surface area contributed by atoms with E-state index in [9.17, 15) is 0 Å². The van der Waals surface area contributed by atoms with Crippen molar-refractivity contribution in [1.29, 1.82) is 0 Å². The van der Waals surface area contributed by atoms with Gasteiger partial charge in [0, 0.05) is 0 Å². The van der Waals surface area contributed by atoms with Crippen LogP contribution in [0.4, 0.5) is 5.69 Å². The maximum atomic E-state index is 9.08. The summed E-state index contributed by atoms with van der Waals surface area (Å²) in [5, 5.41) is 13.0. The molecule has 6 heteroatoms. The fraction of sp³-hybridized carbons (Fsp3) is 0.286. The van der Waals surface area contributed by atoms with Gasteiger partial charge < -0.3 is 10.8 Å². The maximum absolute atomic E-state index is 9.08. The number of nitrogens with zero attached hydrogens (tertiary/aromatic N) is 2. The Morgan fingerprint density at radius 2 is 2.54 bits per heavy atom. The third-order valence-electron chi connectivity index (χ3n) is 1.69. The molecule has 2 rings (SSSR count). The lowest BCUT2D eigenvalue weighted by Crippen LogP contribution is -1.85. The molecular weight excluding hydrogens is 188 g/mol. The Morgan fingerprint density at radius 1 is 1.77 bits per heavy atom. The number of nitrogen functional groups attached to an aromatic ring is 1. The fourth-order valence-corrected chi connectivity index (χ4v) is 1.87. The summed E-state index contributed by atoms with van der Waals surface area (Å²) in [5.41, 5.74) is 6.96. The summed E-state index contributed by atoms with van der Waals surface area (Å²) < 4.78 is 1.61. The number of anilines is 1. The lowest BCUT2D eigenvalue weighted by Gasteiger charge is -1.93. The first kappa shape index (κ1) is 8.31. The summed E-state index contributed by atoms with van der Waals surface area (Å²) in [6, 6.07) is 0. The second-order valence-corrected chi connectivity index (χ2v) is 3.85. The van der Waals surface area contributed by atoms with Gasteiger partial charge in [-0.15, -0.1) is 11.8 Å². The van der Waals surface area contributed by atoms with Crippen LogP contribution >= 0.6 is 11.8 Å². The van der Waals surface area contributed by atoms with E-state index in [1.807, 2.05) is 6.92 Å². The monoisotopic (exact) mass is 198 g/mol. The number of aromatic hydroxyl groups is 1. The van der Waals surface area contributed by atoms with Crippen LogP contribution < -0.4 is 5.73 Å². The average molecular weight is 198 g/mol. The molecule has 0 aromatic carbocycles. The van der Waals surface area contributed by atoms with Crippen molar-refractivity contribution in [3.63, 3.8) is 0 Å². The van der Waals surface area contributed by atoms with Gasteiger partial charge in [-0.3, -0.25) is 5.10 Å². The zero-order chi connectivity index (χ0) is 9.42. The zero-order valence-corrected chi connectivity index (χ0v) is 7.93. The molecule has 0 aliphatic rings. The lowest BCUT2D eigenvalue weighted by atomic mass is 10.6. The van der Waals surface area contributed by atoms with E-state index in [0.29, 0.717) is 11.3 Å². The van der Waals surface area contributed by atoms with Gasteiger partial charge >= 0.3 is 0 Å². The van der Waals surface area contributed by atoms with Crippen LogP contribution in [-0.2, 0) is 0 Å². The molecule has 70 valence electrons. The Morgan fingerprint density at radius 3 is 3.15 bits per heavy atom. The zero-order valence-electron chi connectivity index (χ0n) is 7.11. The third-order valence-corrected chi connectivity index (χ3v) is 2.58. The quantitative estimate of drug-likeness (QED) is 0.630. The van der Waals surface area contributed by atoms with E-state index >= 15 is 0 Å². The van der Waals surface area contributed by atoms with Crippen molar-refractivity contribution in [2.24, 2.45) is 0 Å². The fourth-order valence-electron chi connectivity index (χ4n) is 1.17. The number of nitrogens with one attached hydrogen (secondary N) is 1. The molecule has 0 unspecified atom stereocenters. The van der Waals surface area contributed by atoms with E-state index in [0.717, 1.165) is 10.8 Å². The molecule has 2 aromatic rings. The largest absolute Gasteiger partial charge is 0.492 e. The highest BCUT2D eigenvalue weighted by Gasteiger charge is 2.10. The Bertz CT molecular complexity index is 433. The molecule has 0 atom stereocenters. The minimum Gasteiger partial charge on any atom is -0.492 e. The molecule has 5 nitrogen and oxygen atoms in total. The predicted molar refractivity (Wildman–Crippen MR) is 52.0 cm³/mol. The highest BCUT2D eigenvalue weighted by atomic mass is 32.2. The number of rotatable bonds is 2. The van der Waals surface area contributed by atoms with E-state index in [2.05, 4.69) is 10.1 Å². The van der Waals surface area contributed by atoms with Crippen LogP contribution in [-0.4, -0.2) is 25.5 Å². The van der Waals surface area contributed by atoms with E-state index < -0.39 is 0 Å². The predicted octanol–water partition coefficient (Wildman–Crippen LogP) is 1.06. The number of H-pyrrole nitrogens is 1. The van der Waals surface area contributed by atoms with Gasteiger partial charge in [0.15, 0.2) is 5.65 Å². The highest BCUT2D eigenvalue weighted by Crippen LogP contribution is 2.27. The third kappa shape index (κ3) is 1.23. The highest BCUT2D eigenvalue weighted by molar-refractivity contribution is 7.99. The van der Waals surface area contributed by atoms with Gasteiger partial charge in [0.2, 0.25) is 5.88 Å². The molecule has 13 heavy (non-hydrogen) atoms. The van der Waals surface area contributed by atoms with Crippen molar-refractivity contribution in [2.45, 2.75) is 11.9 Å². The van der Waals surface area contributed by atoms with E-state index in [1.54, 1.807) is 16.3 Å². The molecule has 2 heterocycles. The van der Waals surface area contributed by atoms with Gasteiger partial charge in [-0.1, -0.05) is 6.92 Å². The van der Waals surface area contributed by atoms with Crippen molar-refractivity contribution in [3.05, 3.63) is 6.20 Å². The summed E-state index contributed by atoms with van der Waals surface area (Å²) in [7, 11) is 0. The molecule has 0 aliphatic carbocycles. The molecule has 0 bridgehead atoms. The van der Waals surface area contributed by atoms with Gasteiger partial charge in [0.25, 0.3) is 0 Å². The summed E-state index contributed by atoms with van der Waals surface area (Å²) in [4.78, 5) is 3.86. The summed E-state index contributed by atoms with van der Waals surface area (Å²) >= 11 is 1.62. The van der Waals surface area contributed by atoms with Gasteiger partial charge in [-0.05, 0) is 5.75 Å². The maximum Gasteiger partial charge on any atom is 0.231 e. The van der Waals surface area contributed by atoms with Crippen LogP contribution in [0.3, 0.4) is 0 Å². The Hall–Kier alpha value is -1.30. The first-order chi connectivity index (χ1) is 6.22. The van der Waals surface area contributed by atoms with E-state index in [4.69, 9.17) is 10.8 Å². The van der Waals surface area contributed by atoms with Gasteiger partial charge in [-0.25, -0.2) is 4.52 Å². The number of hydrogen-bond donors (Lipinski definition) is 3. The van der Waals surface area contributed by atoms with Crippen LogP contribution in [0, 0.1) is 0 Å². The number of aromatic nitrogens is 3. The van der Waals surface area contributed by atoms with Gasteiger partial charge in [0.1, 0.15) is 10.7 Å². The smallest absolute Gasteiger partial charge is 0.231 e. The van der Waals surface area contributed by atoms with Crippen molar-refractivity contribution >= 4 is 23.1 Å². The average Bonchev–Trinajstić information content (AvgIpc) is 2.54. The van der Waals surface area contributed by atoms with Crippen molar-refractivity contribution in [2.75, 3.05) is 11.5 Å². The van der Waals surface area contributed by atoms with E-state index in [-0.39, 0.29) is 5.88 Å². The minimum absolute atomic E-state index is 0.0222. The van der Waals surface area contributed by atoms with Crippen LogP contribution in [0.15, 0.2) is 11.2 Å². The SMILES string of the molecule is CCSc1[nH]n2cc(O)nc2c1N. The Balaban J connectivity index is 2.56. The van der Waals surface area contributed by atoms with Gasteiger partial charge in [-0.2, -0.15) is 4.98 Å². The minimum atomic E-state index is -0.0222. The Labute approximate surface area is 78.9 Å². The summed E-state index contributed by atoms with van der Waals surface area (Å²) in [6.45, 7) is 2.05. The van der Waals surface area contributed by atoms with Gasteiger partial charge in [0.05, 0.1) is 6.20 Å². The second kappa shape index (κ2) is 2.88. The van der Waals surface area contributed by atoms with Crippen molar-refractivity contribution in [1.82, 2.24) is 14.6 Å². The van der Waals surface area contributed by atoms with Crippen LogP contribution in [0.25, 0.3) is 5.65 Å². The molecule has 0 saturated heterocycles. The first-order valence-electron chi connectivity index (χ1n) is 3.90. The molecule has 4 N–H and O–H groups in total. The molecule has 0 saturated carbocycles. The summed E-state index contributed by atoms with van der Waals surface area (Å²) in [5.74, 6) is 0.922. The molecule has 0 amide bonds. The standard InChI is InChI=1S/C7H10N4OS/c1-2-13-7-5(8)6-9-4(12)3-11(6)10-7/h3,10,12H,2,8H2,1H3. The normalized spacial score (nSPS) is 11.2. The van der Waals surface area contributed by atoms with E-state index in [1.165, 1.54) is 6.20 Å². The van der Waals surface area contributed by atoms with Crippen molar-refractivity contribution < 1.29 is 5.11 Å². The molecule has 2 aromatic heterocycles. The lowest BCUT2D eigenvalue weighted by molar-refractivity contribution is 0.456. The number of fused-ring (bicyclic) bond motifs is 1. The molecule has 0 fully saturated rings. The van der Waals surface area contributed by atoms with Crippen molar-refractivity contribution in [3.8, 4) is 5.88 Å². The molecule has 0 spiro atoms. The van der Waals surface area contributed by atoms with Crippen LogP contribution in [0.1, 0.15) is 6.92 Å². The first-order valence-corrected chi connectivity index (χ1v) is 4.89. The molecule has 0 radical (unpaired) electrons. The summed E-state index contributed by atoms with van der Waals surface area (Å²) in [6.07, 6.45) is 1.49. The number of imidazole rings is 1. The number of nitrogens with two attached hydrogens (primary N) is 1. The Kier molecular flexibility index (Phi) is 1.84. The second-order valence-electron chi connectivity index (χ2n) is 2.58. The topological polar surface area (TPSA) is 79.3 Å². The molecular formula is C7H10N4OS. The van der Waals surface area contributed by atoms with Crippen LogP contribution in [0.5, 0.6) is 5.88 Å². The number of thioether (sulfide) groups is 1. The number of aromatic amines is 1. The molecule has 0 aliphatic heterocycles.